The number of primary amides is 1. The fourth-order valence-corrected chi connectivity index (χ4v) is 2.46. The fraction of sp³-hybridized carbons (Fsp3) is 0.111. The van der Waals surface area contributed by atoms with Crippen LogP contribution in [0.2, 0.25) is 0 Å². The van der Waals surface area contributed by atoms with Crippen molar-refractivity contribution in [1.82, 2.24) is 4.89 Å². The Labute approximate surface area is 122 Å². The first-order chi connectivity index (χ1) is 8.74. The summed E-state index contributed by atoms with van der Waals surface area (Å²) in [4.78, 5) is 27.0. The molecule has 0 fully saturated rings. The van der Waals surface area contributed by atoms with Crippen molar-refractivity contribution < 1.29 is 28.0 Å². The normalized spacial score (nSPS) is 11.2. The summed E-state index contributed by atoms with van der Waals surface area (Å²) in [5.41, 5.74) is 4.61. The van der Waals surface area contributed by atoms with E-state index >= 15 is 0 Å². The molecule has 8 nitrogen and oxygen atoms in total. The van der Waals surface area contributed by atoms with Crippen molar-refractivity contribution in [2.24, 2.45) is 5.73 Å². The van der Waals surface area contributed by atoms with Gasteiger partial charge in [0, 0.05) is 3.57 Å². The van der Waals surface area contributed by atoms with Crippen molar-refractivity contribution in [3.8, 4) is 0 Å². The molecule has 0 unspecified atom stereocenters. The molecule has 0 bridgehead atoms. The van der Waals surface area contributed by atoms with Crippen LogP contribution in [-0.4, -0.2) is 32.0 Å². The van der Waals surface area contributed by atoms with Gasteiger partial charge < -0.3 is 10.8 Å². The Kier molecular flexibility index (Phi) is 5.22. The quantitative estimate of drug-likeness (QED) is 0.443. The molecule has 19 heavy (non-hydrogen) atoms. The van der Waals surface area contributed by atoms with Crippen LogP contribution in [0, 0.1) is 3.57 Å². The van der Waals surface area contributed by atoms with E-state index in [0.717, 1.165) is 6.07 Å². The summed E-state index contributed by atoms with van der Waals surface area (Å²) in [6.45, 7) is -0.630. The number of halogens is 1. The van der Waals surface area contributed by atoms with Gasteiger partial charge in [-0.15, -0.1) is 0 Å². The average Bonchev–Trinajstić information content (AvgIpc) is 2.27. The first-order valence-corrected chi connectivity index (χ1v) is 7.25. The van der Waals surface area contributed by atoms with E-state index in [1.54, 1.807) is 27.5 Å². The van der Waals surface area contributed by atoms with Crippen LogP contribution in [0.3, 0.4) is 0 Å². The molecule has 4 N–H and O–H groups in total. The van der Waals surface area contributed by atoms with Crippen LogP contribution in [0.1, 0.15) is 10.4 Å². The van der Waals surface area contributed by atoms with E-state index in [1.807, 2.05) is 0 Å². The maximum absolute atomic E-state index is 11.7. The molecule has 0 aromatic heterocycles. The van der Waals surface area contributed by atoms with E-state index in [2.05, 4.69) is 4.84 Å². The SMILES string of the molecule is NC(=O)CONS(=O)(=O)c1ccc(I)c(C(=O)O)c1. The van der Waals surface area contributed by atoms with Gasteiger partial charge in [-0.25, -0.2) is 13.2 Å². The summed E-state index contributed by atoms with van der Waals surface area (Å²) in [7, 11) is -4.08. The number of hydrogen-bond donors (Lipinski definition) is 3. The minimum atomic E-state index is -4.08. The highest BCUT2D eigenvalue weighted by atomic mass is 127. The molecule has 0 atom stereocenters. The number of carboxylic acids is 1. The molecule has 1 amide bonds. The van der Waals surface area contributed by atoms with Gasteiger partial charge in [0.1, 0.15) is 6.61 Å². The monoisotopic (exact) mass is 400 g/mol. The second kappa shape index (κ2) is 6.27. The van der Waals surface area contributed by atoms with Crippen LogP contribution >= 0.6 is 22.6 Å². The Bertz CT molecular complexity index is 615. The van der Waals surface area contributed by atoms with Gasteiger partial charge in [0.15, 0.2) is 0 Å². The standard InChI is InChI=1S/C9H9IN2O6S/c10-7-2-1-5(3-6(7)9(14)15)19(16,17)12-18-4-8(11)13/h1-3,12H,4H2,(H2,11,13)(H,14,15). The lowest BCUT2D eigenvalue weighted by Gasteiger charge is -2.07. The summed E-state index contributed by atoms with van der Waals surface area (Å²) >= 11 is 1.77. The molecule has 0 saturated heterocycles. The Balaban J connectivity index is 2.99. The first-order valence-electron chi connectivity index (χ1n) is 4.69. The molecular formula is C9H9IN2O6S. The number of benzene rings is 1. The molecule has 0 aliphatic heterocycles. The highest BCUT2D eigenvalue weighted by Gasteiger charge is 2.18. The summed E-state index contributed by atoms with van der Waals surface area (Å²) < 4.78 is 23.8. The maximum Gasteiger partial charge on any atom is 0.336 e. The van der Waals surface area contributed by atoms with Crippen molar-refractivity contribution in [2.75, 3.05) is 6.61 Å². The van der Waals surface area contributed by atoms with Gasteiger partial charge in [0.05, 0.1) is 10.5 Å². The number of nitrogens with one attached hydrogen (secondary N) is 1. The number of rotatable bonds is 6. The van der Waals surface area contributed by atoms with E-state index in [1.165, 1.54) is 12.1 Å². The zero-order valence-electron chi connectivity index (χ0n) is 9.29. The highest BCUT2D eigenvalue weighted by molar-refractivity contribution is 14.1. The van der Waals surface area contributed by atoms with Gasteiger partial charge in [-0.2, -0.15) is 0 Å². The van der Waals surface area contributed by atoms with Crippen LogP contribution in [0.5, 0.6) is 0 Å². The van der Waals surface area contributed by atoms with Crippen LogP contribution < -0.4 is 10.6 Å². The lowest BCUT2D eigenvalue weighted by molar-refractivity contribution is -0.123. The first kappa shape index (κ1) is 15.8. The van der Waals surface area contributed by atoms with Crippen molar-refractivity contribution in [3.05, 3.63) is 27.3 Å². The summed E-state index contributed by atoms with van der Waals surface area (Å²) in [6.07, 6.45) is 0. The third-order valence-electron chi connectivity index (χ3n) is 1.86. The predicted octanol–water partition coefficient (Wildman–Crippen LogP) is -0.315. The number of carbonyl (C=O) groups excluding carboxylic acids is 1. The molecule has 0 heterocycles. The zero-order chi connectivity index (χ0) is 14.6. The van der Waals surface area contributed by atoms with Crippen molar-refractivity contribution >= 4 is 44.5 Å². The molecular weight excluding hydrogens is 391 g/mol. The van der Waals surface area contributed by atoms with Gasteiger partial charge in [0.2, 0.25) is 5.91 Å². The van der Waals surface area contributed by atoms with Gasteiger partial charge in [-0.3, -0.25) is 9.63 Å². The largest absolute Gasteiger partial charge is 0.478 e. The Morgan fingerprint density at radius 2 is 2.05 bits per heavy atom. The number of carboxylic acid groups (broad SMARTS) is 1. The number of amides is 1. The zero-order valence-corrected chi connectivity index (χ0v) is 12.3. The van der Waals surface area contributed by atoms with Crippen molar-refractivity contribution in [3.63, 3.8) is 0 Å². The number of nitrogens with two attached hydrogens (primary N) is 1. The summed E-state index contributed by atoms with van der Waals surface area (Å²) in [6, 6.07) is 3.54. The van der Waals surface area contributed by atoms with Gasteiger partial charge in [0.25, 0.3) is 10.0 Å². The molecule has 0 spiro atoms. The Morgan fingerprint density at radius 1 is 1.42 bits per heavy atom. The molecule has 0 aliphatic rings. The minimum Gasteiger partial charge on any atom is -0.478 e. The lowest BCUT2D eigenvalue weighted by Crippen LogP contribution is -2.29. The van der Waals surface area contributed by atoms with Crippen molar-refractivity contribution in [1.29, 1.82) is 0 Å². The highest BCUT2D eigenvalue weighted by Crippen LogP contribution is 2.17. The number of carbonyl (C=O) groups is 2. The molecule has 0 aliphatic carbocycles. The second-order valence-electron chi connectivity index (χ2n) is 3.29. The molecule has 1 rings (SSSR count). The predicted molar refractivity (Wildman–Crippen MR) is 71.6 cm³/mol. The van der Waals surface area contributed by atoms with Crippen LogP contribution in [0.15, 0.2) is 23.1 Å². The van der Waals surface area contributed by atoms with E-state index in [9.17, 15) is 18.0 Å². The van der Waals surface area contributed by atoms with Gasteiger partial charge in [-0.1, -0.05) is 4.89 Å². The molecule has 10 heteroatoms. The van der Waals surface area contributed by atoms with E-state index < -0.39 is 28.5 Å². The topological polar surface area (TPSA) is 136 Å². The second-order valence-corrected chi connectivity index (χ2v) is 6.10. The van der Waals surface area contributed by atoms with E-state index in [0.29, 0.717) is 3.57 Å². The smallest absolute Gasteiger partial charge is 0.336 e. The summed E-state index contributed by atoms with van der Waals surface area (Å²) in [5.74, 6) is -2.10. The minimum absolute atomic E-state index is 0.154. The van der Waals surface area contributed by atoms with Gasteiger partial charge in [-0.05, 0) is 40.8 Å². The molecule has 104 valence electrons. The molecule has 1 aromatic carbocycles. The third kappa shape index (κ3) is 4.41. The molecule has 0 saturated carbocycles. The van der Waals surface area contributed by atoms with Crippen LogP contribution in [0.25, 0.3) is 0 Å². The number of aromatic carboxylic acids is 1. The Morgan fingerprint density at radius 3 is 2.58 bits per heavy atom. The summed E-state index contributed by atoms with van der Waals surface area (Å²) in [5, 5.41) is 8.89. The lowest BCUT2D eigenvalue weighted by atomic mass is 10.2. The van der Waals surface area contributed by atoms with Crippen LogP contribution in [-0.2, 0) is 19.7 Å². The number of sulfonamides is 1. The van der Waals surface area contributed by atoms with E-state index in [4.69, 9.17) is 10.8 Å². The molecule has 1 aromatic rings. The Hall–Kier alpha value is -1.24. The van der Waals surface area contributed by atoms with E-state index in [-0.39, 0.29) is 10.5 Å². The third-order valence-corrected chi connectivity index (χ3v) is 4.01. The maximum atomic E-state index is 11.7. The number of hydrogen-bond acceptors (Lipinski definition) is 5. The fourth-order valence-electron chi connectivity index (χ4n) is 1.06. The van der Waals surface area contributed by atoms with Crippen molar-refractivity contribution in [2.45, 2.75) is 4.90 Å². The molecule has 0 radical (unpaired) electrons. The average molecular weight is 400 g/mol. The van der Waals surface area contributed by atoms with Gasteiger partial charge >= 0.3 is 5.97 Å². The van der Waals surface area contributed by atoms with Crippen LogP contribution in [0.4, 0.5) is 0 Å².